The number of carbonyl (C=O) groups excluding carboxylic acids is 1. The van der Waals surface area contributed by atoms with Gasteiger partial charge in [-0.2, -0.15) is 0 Å². The summed E-state index contributed by atoms with van der Waals surface area (Å²) < 4.78 is 10.7. The predicted octanol–water partition coefficient (Wildman–Crippen LogP) is 3.37. The highest BCUT2D eigenvalue weighted by Crippen LogP contribution is 2.21. The largest absolute Gasteiger partial charge is 0.497 e. The predicted molar refractivity (Wildman–Crippen MR) is 92.4 cm³/mol. The maximum Gasteiger partial charge on any atom is 0.246 e. The zero-order valence-electron chi connectivity index (χ0n) is 14.4. The molecule has 1 aliphatic rings. The second kappa shape index (κ2) is 8.73. The van der Waals surface area contributed by atoms with Crippen molar-refractivity contribution in [1.82, 2.24) is 4.90 Å². The van der Waals surface area contributed by atoms with Crippen LogP contribution in [0.4, 0.5) is 0 Å². The minimum Gasteiger partial charge on any atom is -0.497 e. The molecule has 1 saturated heterocycles. The van der Waals surface area contributed by atoms with Crippen LogP contribution in [-0.4, -0.2) is 44.2 Å². The fraction of sp³-hybridized carbons (Fsp3) is 0.526. The van der Waals surface area contributed by atoms with Crippen molar-refractivity contribution in [3.63, 3.8) is 0 Å². The van der Waals surface area contributed by atoms with Gasteiger partial charge in [-0.25, -0.2) is 0 Å². The third-order valence-corrected chi connectivity index (χ3v) is 4.35. The molecule has 0 N–H and O–H groups in total. The van der Waals surface area contributed by atoms with E-state index in [-0.39, 0.29) is 5.91 Å². The van der Waals surface area contributed by atoms with Crippen molar-refractivity contribution in [3.05, 3.63) is 35.9 Å². The lowest BCUT2D eigenvalue weighted by Gasteiger charge is -2.31. The second-order valence-corrected chi connectivity index (χ2v) is 5.99. The number of benzene rings is 1. The van der Waals surface area contributed by atoms with Gasteiger partial charge < -0.3 is 14.4 Å². The number of likely N-dealkylation sites (tertiary alicyclic amines) is 1. The molecule has 4 nitrogen and oxygen atoms in total. The van der Waals surface area contributed by atoms with E-state index in [0.717, 1.165) is 56.0 Å². The van der Waals surface area contributed by atoms with Crippen LogP contribution in [-0.2, 0) is 9.53 Å². The molecule has 0 bridgehead atoms. The highest BCUT2D eigenvalue weighted by atomic mass is 16.5. The SMILES string of the molecule is CCOCC1CCN(C(=O)C=C(C)c2cccc(OC)c2)CC1. The van der Waals surface area contributed by atoms with Crippen LogP contribution >= 0.6 is 0 Å². The van der Waals surface area contributed by atoms with E-state index in [1.54, 1.807) is 13.2 Å². The molecule has 0 saturated carbocycles. The average molecular weight is 317 g/mol. The normalized spacial score (nSPS) is 16.5. The first-order valence-corrected chi connectivity index (χ1v) is 8.33. The first-order chi connectivity index (χ1) is 11.1. The van der Waals surface area contributed by atoms with Gasteiger partial charge in [0.05, 0.1) is 7.11 Å². The van der Waals surface area contributed by atoms with Crippen LogP contribution in [0.25, 0.3) is 5.57 Å². The average Bonchev–Trinajstić information content (AvgIpc) is 2.60. The summed E-state index contributed by atoms with van der Waals surface area (Å²) in [7, 11) is 1.65. The number of piperidine rings is 1. The molecule has 1 heterocycles. The van der Waals surface area contributed by atoms with E-state index in [1.165, 1.54) is 0 Å². The number of hydrogen-bond acceptors (Lipinski definition) is 3. The minimum absolute atomic E-state index is 0.0974. The number of methoxy groups -OCH3 is 1. The summed E-state index contributed by atoms with van der Waals surface area (Å²) in [6.45, 7) is 7.20. The van der Waals surface area contributed by atoms with Crippen molar-refractivity contribution in [2.75, 3.05) is 33.4 Å². The molecule has 23 heavy (non-hydrogen) atoms. The summed E-state index contributed by atoms with van der Waals surface area (Å²) in [5.74, 6) is 1.49. The van der Waals surface area contributed by atoms with Crippen molar-refractivity contribution >= 4 is 11.5 Å². The molecule has 4 heteroatoms. The Bertz CT molecular complexity index is 545. The summed E-state index contributed by atoms with van der Waals surface area (Å²) >= 11 is 0. The lowest BCUT2D eigenvalue weighted by molar-refractivity contribution is -0.127. The number of carbonyl (C=O) groups is 1. The van der Waals surface area contributed by atoms with E-state index in [0.29, 0.717) is 5.92 Å². The highest BCUT2D eigenvalue weighted by molar-refractivity contribution is 5.95. The number of rotatable bonds is 6. The van der Waals surface area contributed by atoms with Crippen LogP contribution in [0.2, 0.25) is 0 Å². The fourth-order valence-electron chi connectivity index (χ4n) is 2.83. The van der Waals surface area contributed by atoms with Gasteiger partial charge in [-0.15, -0.1) is 0 Å². The van der Waals surface area contributed by atoms with Crippen LogP contribution < -0.4 is 4.74 Å². The van der Waals surface area contributed by atoms with E-state index in [4.69, 9.17) is 9.47 Å². The molecule has 1 aliphatic heterocycles. The van der Waals surface area contributed by atoms with Gasteiger partial charge in [-0.05, 0) is 55.9 Å². The number of nitrogens with zero attached hydrogens (tertiary/aromatic N) is 1. The van der Waals surface area contributed by atoms with Gasteiger partial charge in [-0.3, -0.25) is 4.79 Å². The molecular weight excluding hydrogens is 290 g/mol. The smallest absolute Gasteiger partial charge is 0.246 e. The molecule has 1 aromatic rings. The Morgan fingerprint density at radius 3 is 2.74 bits per heavy atom. The van der Waals surface area contributed by atoms with Crippen LogP contribution in [0.3, 0.4) is 0 Å². The Morgan fingerprint density at radius 2 is 2.09 bits per heavy atom. The van der Waals surface area contributed by atoms with Crippen LogP contribution in [0, 0.1) is 5.92 Å². The molecule has 0 spiro atoms. The molecule has 0 aromatic heterocycles. The molecule has 2 rings (SSSR count). The molecule has 1 fully saturated rings. The summed E-state index contributed by atoms with van der Waals surface area (Å²) in [4.78, 5) is 14.4. The monoisotopic (exact) mass is 317 g/mol. The topological polar surface area (TPSA) is 38.8 Å². The van der Waals surface area contributed by atoms with Crippen LogP contribution in [0.15, 0.2) is 30.3 Å². The summed E-state index contributed by atoms with van der Waals surface area (Å²) in [5, 5.41) is 0. The molecule has 0 radical (unpaired) electrons. The summed E-state index contributed by atoms with van der Waals surface area (Å²) in [6, 6.07) is 7.79. The molecule has 0 aliphatic carbocycles. The fourth-order valence-corrected chi connectivity index (χ4v) is 2.83. The first kappa shape index (κ1) is 17.5. The van der Waals surface area contributed by atoms with Gasteiger partial charge >= 0.3 is 0 Å². The number of amides is 1. The Labute approximate surface area is 139 Å². The lowest BCUT2D eigenvalue weighted by atomic mass is 9.97. The number of allylic oxidation sites excluding steroid dienone is 1. The van der Waals surface area contributed by atoms with Crippen molar-refractivity contribution in [1.29, 1.82) is 0 Å². The maximum absolute atomic E-state index is 12.4. The van der Waals surface area contributed by atoms with Crippen LogP contribution in [0.5, 0.6) is 5.75 Å². The van der Waals surface area contributed by atoms with Gasteiger partial charge in [0.15, 0.2) is 0 Å². The zero-order valence-corrected chi connectivity index (χ0v) is 14.4. The van der Waals surface area contributed by atoms with Crippen molar-refractivity contribution in [2.45, 2.75) is 26.7 Å². The van der Waals surface area contributed by atoms with Gasteiger partial charge in [-0.1, -0.05) is 12.1 Å². The molecular formula is C19H27NO3. The molecule has 1 aromatic carbocycles. The second-order valence-electron chi connectivity index (χ2n) is 5.99. The van der Waals surface area contributed by atoms with E-state index in [2.05, 4.69) is 0 Å². The lowest BCUT2D eigenvalue weighted by Crippen LogP contribution is -2.38. The van der Waals surface area contributed by atoms with Crippen LogP contribution in [0.1, 0.15) is 32.3 Å². The highest BCUT2D eigenvalue weighted by Gasteiger charge is 2.21. The first-order valence-electron chi connectivity index (χ1n) is 8.33. The third-order valence-electron chi connectivity index (χ3n) is 4.35. The maximum atomic E-state index is 12.4. The third kappa shape index (κ3) is 5.10. The minimum atomic E-state index is 0.0974. The summed E-state index contributed by atoms with van der Waals surface area (Å²) in [6.07, 6.45) is 3.78. The van der Waals surface area contributed by atoms with Crippen molar-refractivity contribution in [3.8, 4) is 5.75 Å². The van der Waals surface area contributed by atoms with E-state index >= 15 is 0 Å². The van der Waals surface area contributed by atoms with E-state index in [9.17, 15) is 4.79 Å². The molecule has 1 amide bonds. The Hall–Kier alpha value is -1.81. The molecule has 0 atom stereocenters. The van der Waals surface area contributed by atoms with E-state index in [1.807, 2.05) is 43.0 Å². The molecule has 0 unspecified atom stereocenters. The van der Waals surface area contributed by atoms with Gasteiger partial charge in [0, 0.05) is 32.4 Å². The molecule has 126 valence electrons. The van der Waals surface area contributed by atoms with Gasteiger partial charge in [0.25, 0.3) is 0 Å². The number of hydrogen-bond donors (Lipinski definition) is 0. The van der Waals surface area contributed by atoms with Crippen molar-refractivity contribution < 1.29 is 14.3 Å². The summed E-state index contributed by atoms with van der Waals surface area (Å²) in [5.41, 5.74) is 1.98. The number of ether oxygens (including phenoxy) is 2. The Morgan fingerprint density at radius 1 is 1.35 bits per heavy atom. The Balaban J connectivity index is 1.93. The Kier molecular flexibility index (Phi) is 6.66. The van der Waals surface area contributed by atoms with Crippen molar-refractivity contribution in [2.24, 2.45) is 5.92 Å². The quantitative estimate of drug-likeness (QED) is 0.755. The standard InChI is InChI=1S/C19H27NO3/c1-4-23-14-16-8-10-20(11-9-16)19(21)12-15(2)17-6-5-7-18(13-17)22-3/h5-7,12-13,16H,4,8-11,14H2,1-3H3. The van der Waals surface area contributed by atoms with Gasteiger partial charge in [0.1, 0.15) is 5.75 Å². The van der Waals surface area contributed by atoms with E-state index < -0.39 is 0 Å². The van der Waals surface area contributed by atoms with Gasteiger partial charge in [0.2, 0.25) is 5.91 Å². The zero-order chi connectivity index (χ0) is 16.7.